The van der Waals surface area contributed by atoms with E-state index in [0.29, 0.717) is 25.6 Å². The maximum Gasteiger partial charge on any atom is 0.335 e. The largest absolute Gasteiger partial charge is 0.491 e. The van der Waals surface area contributed by atoms with Crippen LogP contribution in [0.3, 0.4) is 0 Å². The fourth-order valence-electron chi connectivity index (χ4n) is 3.08. The molecule has 0 fully saturated rings. The van der Waals surface area contributed by atoms with E-state index >= 15 is 0 Å². The van der Waals surface area contributed by atoms with Gasteiger partial charge in [-0.25, -0.2) is 4.79 Å². The third kappa shape index (κ3) is 4.52. The normalized spacial score (nSPS) is 14.9. The van der Waals surface area contributed by atoms with Gasteiger partial charge in [0.15, 0.2) is 0 Å². The van der Waals surface area contributed by atoms with E-state index in [1.807, 2.05) is 18.2 Å². The predicted molar refractivity (Wildman–Crippen MR) is 101 cm³/mol. The van der Waals surface area contributed by atoms with Crippen LogP contribution < -0.4 is 9.47 Å². The summed E-state index contributed by atoms with van der Waals surface area (Å²) in [6.45, 7) is 7.12. The quantitative estimate of drug-likeness (QED) is 0.290. The Kier molecular flexibility index (Phi) is 6.08. The van der Waals surface area contributed by atoms with E-state index in [1.54, 1.807) is 12.1 Å². The van der Waals surface area contributed by atoms with Crippen molar-refractivity contribution in [2.45, 2.75) is 32.3 Å². The molecule has 4 nitrogen and oxygen atoms in total. The van der Waals surface area contributed by atoms with Gasteiger partial charge in [-0.05, 0) is 59.7 Å². The van der Waals surface area contributed by atoms with Gasteiger partial charge in [-0.15, -0.1) is 0 Å². The number of fused-ring (bicyclic) bond motifs is 1. The number of benzene rings is 2. The molecule has 0 heterocycles. The van der Waals surface area contributed by atoms with Crippen molar-refractivity contribution in [1.29, 1.82) is 0 Å². The van der Waals surface area contributed by atoms with E-state index in [9.17, 15) is 4.79 Å². The molecule has 0 aromatic heterocycles. The van der Waals surface area contributed by atoms with Crippen LogP contribution in [-0.2, 0) is 22.6 Å². The van der Waals surface area contributed by atoms with Gasteiger partial charge in [-0.1, -0.05) is 31.7 Å². The lowest BCUT2D eigenvalue weighted by molar-refractivity contribution is -0.128. The van der Waals surface area contributed by atoms with Crippen LogP contribution in [0.5, 0.6) is 11.5 Å². The second-order valence-corrected chi connectivity index (χ2v) is 6.34. The highest BCUT2D eigenvalue weighted by Gasteiger charge is 2.24. The summed E-state index contributed by atoms with van der Waals surface area (Å²) >= 11 is 0. The molecule has 0 spiro atoms. The van der Waals surface area contributed by atoms with E-state index in [0.717, 1.165) is 29.7 Å². The third-order valence-corrected chi connectivity index (χ3v) is 4.59. The molecule has 136 valence electrons. The first-order chi connectivity index (χ1) is 12.7. The Balaban J connectivity index is 1.36. The molecule has 0 saturated heterocycles. The van der Waals surface area contributed by atoms with Gasteiger partial charge in [-0.3, -0.25) is 0 Å². The Morgan fingerprint density at radius 3 is 2.62 bits per heavy atom. The number of hydrogen-bond donors (Lipinski definition) is 0. The highest BCUT2D eigenvalue weighted by atomic mass is 16.5. The van der Waals surface area contributed by atoms with Gasteiger partial charge in [0.25, 0.3) is 0 Å². The standard InChI is InChI=1S/C22H24O4/c1-3-17-13-18-14-20(9-10-21(17)18)25-12-11-24-15-16-5-7-19(8-6-16)26-22(23)4-2/h4-10,14,17H,2-3,11-13,15H2,1H3. The van der Waals surface area contributed by atoms with Crippen molar-refractivity contribution in [3.8, 4) is 11.5 Å². The van der Waals surface area contributed by atoms with Gasteiger partial charge in [0.05, 0.1) is 13.2 Å². The van der Waals surface area contributed by atoms with E-state index in [-0.39, 0.29) is 0 Å². The number of esters is 1. The summed E-state index contributed by atoms with van der Waals surface area (Å²) in [5.41, 5.74) is 3.89. The molecular weight excluding hydrogens is 328 g/mol. The summed E-state index contributed by atoms with van der Waals surface area (Å²) in [6.07, 6.45) is 3.51. The molecule has 1 aliphatic rings. The van der Waals surface area contributed by atoms with Crippen LogP contribution in [0.25, 0.3) is 0 Å². The van der Waals surface area contributed by atoms with Gasteiger partial charge >= 0.3 is 5.97 Å². The lowest BCUT2D eigenvalue weighted by Crippen LogP contribution is -2.16. The molecule has 2 aromatic carbocycles. The SMILES string of the molecule is C=CC(=O)Oc1ccc(COCCOc2ccc3c(c2)CC3CC)cc1. The average Bonchev–Trinajstić information content (AvgIpc) is 2.64. The number of ether oxygens (including phenoxy) is 3. The Hall–Kier alpha value is -2.59. The van der Waals surface area contributed by atoms with Crippen molar-refractivity contribution < 1.29 is 19.0 Å². The van der Waals surface area contributed by atoms with Crippen LogP contribution in [0.1, 0.15) is 36.0 Å². The first-order valence-corrected chi connectivity index (χ1v) is 8.96. The van der Waals surface area contributed by atoms with E-state index in [1.165, 1.54) is 17.5 Å². The predicted octanol–water partition coefficient (Wildman–Crippen LogP) is 4.42. The smallest absolute Gasteiger partial charge is 0.335 e. The van der Waals surface area contributed by atoms with Crippen molar-refractivity contribution in [1.82, 2.24) is 0 Å². The van der Waals surface area contributed by atoms with E-state index in [4.69, 9.17) is 14.2 Å². The summed E-state index contributed by atoms with van der Waals surface area (Å²) < 4.78 is 16.4. The highest BCUT2D eigenvalue weighted by Crippen LogP contribution is 2.39. The molecule has 0 amide bonds. The lowest BCUT2D eigenvalue weighted by atomic mass is 9.76. The average molecular weight is 352 g/mol. The molecule has 1 unspecified atom stereocenters. The molecule has 1 atom stereocenters. The Bertz CT molecular complexity index is 764. The maximum atomic E-state index is 11.1. The van der Waals surface area contributed by atoms with Crippen LogP contribution >= 0.6 is 0 Å². The zero-order valence-corrected chi connectivity index (χ0v) is 15.1. The highest BCUT2D eigenvalue weighted by molar-refractivity contribution is 5.83. The second kappa shape index (κ2) is 8.68. The first-order valence-electron chi connectivity index (χ1n) is 8.96. The van der Waals surface area contributed by atoms with Crippen molar-refractivity contribution >= 4 is 5.97 Å². The van der Waals surface area contributed by atoms with Crippen LogP contribution in [0.4, 0.5) is 0 Å². The molecule has 1 aliphatic carbocycles. The molecule has 4 heteroatoms. The summed E-state index contributed by atoms with van der Waals surface area (Å²) in [6, 6.07) is 13.6. The van der Waals surface area contributed by atoms with Crippen LogP contribution in [0.15, 0.2) is 55.1 Å². The summed E-state index contributed by atoms with van der Waals surface area (Å²) in [5, 5.41) is 0. The van der Waals surface area contributed by atoms with Crippen molar-refractivity contribution in [2.24, 2.45) is 0 Å². The maximum absolute atomic E-state index is 11.1. The van der Waals surface area contributed by atoms with Crippen molar-refractivity contribution in [3.63, 3.8) is 0 Å². The molecule has 0 radical (unpaired) electrons. The Morgan fingerprint density at radius 1 is 1.15 bits per heavy atom. The number of carbonyl (C=O) groups is 1. The van der Waals surface area contributed by atoms with Gasteiger partial charge in [-0.2, -0.15) is 0 Å². The molecule has 0 aliphatic heterocycles. The Labute approximate surface area is 154 Å². The number of rotatable bonds is 9. The topological polar surface area (TPSA) is 44.8 Å². The van der Waals surface area contributed by atoms with Crippen LogP contribution in [-0.4, -0.2) is 19.2 Å². The minimum absolute atomic E-state index is 0.466. The molecular formula is C22H24O4. The molecule has 0 bridgehead atoms. The molecule has 0 N–H and O–H groups in total. The lowest BCUT2D eigenvalue weighted by Gasteiger charge is -2.29. The molecule has 26 heavy (non-hydrogen) atoms. The first kappa shape index (κ1) is 18.2. The summed E-state index contributed by atoms with van der Waals surface area (Å²) in [5.74, 6) is 1.67. The molecule has 3 rings (SSSR count). The van der Waals surface area contributed by atoms with Gasteiger partial charge in [0.2, 0.25) is 0 Å². The fraction of sp³-hybridized carbons (Fsp3) is 0.318. The van der Waals surface area contributed by atoms with Crippen molar-refractivity contribution in [3.05, 3.63) is 71.8 Å². The number of carbonyl (C=O) groups excluding carboxylic acids is 1. The third-order valence-electron chi connectivity index (χ3n) is 4.59. The van der Waals surface area contributed by atoms with Crippen LogP contribution in [0, 0.1) is 0 Å². The van der Waals surface area contributed by atoms with Gasteiger partial charge in [0.1, 0.15) is 18.1 Å². The van der Waals surface area contributed by atoms with Gasteiger partial charge in [0, 0.05) is 6.08 Å². The van der Waals surface area contributed by atoms with Crippen LogP contribution in [0.2, 0.25) is 0 Å². The zero-order valence-electron chi connectivity index (χ0n) is 15.1. The number of hydrogen-bond acceptors (Lipinski definition) is 4. The minimum atomic E-state index is -0.466. The monoisotopic (exact) mass is 352 g/mol. The fourth-order valence-corrected chi connectivity index (χ4v) is 3.08. The molecule has 0 saturated carbocycles. The van der Waals surface area contributed by atoms with Gasteiger partial charge < -0.3 is 14.2 Å². The van der Waals surface area contributed by atoms with E-state index < -0.39 is 5.97 Å². The Morgan fingerprint density at radius 2 is 1.92 bits per heavy atom. The van der Waals surface area contributed by atoms with Crippen molar-refractivity contribution in [2.75, 3.05) is 13.2 Å². The molecule has 2 aromatic rings. The summed E-state index contributed by atoms with van der Waals surface area (Å²) in [4.78, 5) is 11.1. The van der Waals surface area contributed by atoms with E-state index in [2.05, 4.69) is 25.6 Å². The summed E-state index contributed by atoms with van der Waals surface area (Å²) in [7, 11) is 0. The zero-order chi connectivity index (χ0) is 18.4. The minimum Gasteiger partial charge on any atom is -0.491 e. The second-order valence-electron chi connectivity index (χ2n) is 6.34.